The molecule has 8 nitrogen and oxygen atoms in total. The van der Waals surface area contributed by atoms with Gasteiger partial charge < -0.3 is 14.5 Å². The minimum absolute atomic E-state index is 0.140. The van der Waals surface area contributed by atoms with Gasteiger partial charge in [0, 0.05) is 24.4 Å². The topological polar surface area (TPSA) is 90.7 Å². The highest BCUT2D eigenvalue weighted by atomic mass is 16.5. The maximum atomic E-state index is 5.58. The van der Waals surface area contributed by atoms with E-state index in [2.05, 4.69) is 15.0 Å². The molecule has 136 valence electrons. The molecule has 1 saturated heterocycles. The van der Waals surface area contributed by atoms with Crippen LogP contribution in [0.5, 0.6) is 5.75 Å². The lowest BCUT2D eigenvalue weighted by Crippen LogP contribution is -2.12. The highest BCUT2D eigenvalue weighted by Gasteiger charge is 2.25. The number of aromatic nitrogens is 6. The summed E-state index contributed by atoms with van der Waals surface area (Å²) >= 11 is 0. The number of imidazole rings is 1. The first kappa shape index (κ1) is 16.0. The molecule has 3 aromatic heterocycles. The van der Waals surface area contributed by atoms with E-state index in [1.807, 2.05) is 28.9 Å². The van der Waals surface area contributed by atoms with Gasteiger partial charge in [-0.1, -0.05) is 6.07 Å². The van der Waals surface area contributed by atoms with Gasteiger partial charge in [-0.05, 0) is 24.6 Å². The molecule has 4 heterocycles. The van der Waals surface area contributed by atoms with Gasteiger partial charge in [-0.2, -0.15) is 0 Å². The first-order valence-electron chi connectivity index (χ1n) is 8.80. The molecule has 0 spiro atoms. The van der Waals surface area contributed by atoms with Crippen molar-refractivity contribution in [1.82, 2.24) is 29.7 Å². The molecule has 1 unspecified atom stereocenters. The molecule has 27 heavy (non-hydrogen) atoms. The lowest BCUT2D eigenvalue weighted by Gasteiger charge is -2.11. The molecular formula is C19H18N6O2. The summed E-state index contributed by atoms with van der Waals surface area (Å²) in [5.74, 6) is 2.04. The van der Waals surface area contributed by atoms with Crippen LogP contribution in [-0.2, 0) is 4.74 Å². The Kier molecular flexibility index (Phi) is 3.83. The first-order valence-corrected chi connectivity index (χ1v) is 8.80. The van der Waals surface area contributed by atoms with Crippen molar-refractivity contribution < 1.29 is 9.47 Å². The Morgan fingerprint density at radius 3 is 3.07 bits per heavy atom. The second-order valence-electron chi connectivity index (χ2n) is 6.41. The molecule has 0 radical (unpaired) electrons. The quantitative estimate of drug-likeness (QED) is 0.600. The fraction of sp³-hybridized carbons (Fsp3) is 0.263. The number of methoxy groups -OCH3 is 1. The molecule has 1 aromatic carbocycles. The number of para-hydroxylation sites is 1. The van der Waals surface area contributed by atoms with Gasteiger partial charge in [0.2, 0.25) is 0 Å². The number of nitrogens with one attached hydrogen (secondary N) is 1. The van der Waals surface area contributed by atoms with Crippen molar-refractivity contribution in [3.05, 3.63) is 42.9 Å². The summed E-state index contributed by atoms with van der Waals surface area (Å²) in [4.78, 5) is 16.9. The summed E-state index contributed by atoms with van der Waals surface area (Å²) in [5.41, 5.74) is 3.44. The SMILES string of the molecule is COc1ccnc(-c2nc(-c3cccc4[nH]cnc34)n(C3CCOC3)n2)c1. The van der Waals surface area contributed by atoms with Crippen molar-refractivity contribution in [2.45, 2.75) is 12.5 Å². The molecular weight excluding hydrogens is 344 g/mol. The number of hydrogen-bond donors (Lipinski definition) is 1. The lowest BCUT2D eigenvalue weighted by molar-refractivity contribution is 0.185. The fourth-order valence-corrected chi connectivity index (χ4v) is 3.39. The number of hydrogen-bond acceptors (Lipinski definition) is 6. The van der Waals surface area contributed by atoms with E-state index in [1.165, 1.54) is 0 Å². The van der Waals surface area contributed by atoms with E-state index >= 15 is 0 Å². The van der Waals surface area contributed by atoms with Crippen LogP contribution < -0.4 is 4.74 Å². The number of pyridine rings is 1. The van der Waals surface area contributed by atoms with Gasteiger partial charge in [0.05, 0.1) is 37.1 Å². The minimum atomic E-state index is 0.140. The molecule has 5 rings (SSSR count). The van der Waals surface area contributed by atoms with Gasteiger partial charge in [-0.15, -0.1) is 5.10 Å². The van der Waals surface area contributed by atoms with E-state index in [0.717, 1.165) is 41.2 Å². The molecule has 8 heteroatoms. The molecule has 0 aliphatic carbocycles. The Morgan fingerprint density at radius 2 is 2.22 bits per heavy atom. The molecule has 0 amide bonds. The van der Waals surface area contributed by atoms with Crippen LogP contribution >= 0.6 is 0 Å². The average molecular weight is 362 g/mol. The van der Waals surface area contributed by atoms with E-state index < -0.39 is 0 Å². The van der Waals surface area contributed by atoms with Crippen molar-refractivity contribution >= 4 is 11.0 Å². The number of ether oxygens (including phenoxy) is 2. The van der Waals surface area contributed by atoms with Crippen LogP contribution in [-0.4, -0.2) is 50.0 Å². The summed E-state index contributed by atoms with van der Waals surface area (Å²) in [6.45, 7) is 1.35. The van der Waals surface area contributed by atoms with Crippen LogP contribution in [0.15, 0.2) is 42.9 Å². The molecule has 1 fully saturated rings. The minimum Gasteiger partial charge on any atom is -0.497 e. The van der Waals surface area contributed by atoms with Crippen LogP contribution in [0.3, 0.4) is 0 Å². The van der Waals surface area contributed by atoms with Gasteiger partial charge in [0.1, 0.15) is 11.4 Å². The summed E-state index contributed by atoms with van der Waals surface area (Å²) in [7, 11) is 1.63. The van der Waals surface area contributed by atoms with Crippen LogP contribution in [0, 0.1) is 0 Å². The van der Waals surface area contributed by atoms with Gasteiger partial charge in [0.25, 0.3) is 0 Å². The van der Waals surface area contributed by atoms with Crippen molar-refractivity contribution in [2.75, 3.05) is 20.3 Å². The Labute approximate surface area is 155 Å². The zero-order valence-electron chi connectivity index (χ0n) is 14.8. The number of benzene rings is 1. The number of fused-ring (bicyclic) bond motifs is 1. The standard InChI is InChI=1S/C19H18N6O2/c1-26-13-5-7-20-16(9-13)18-23-19(25(24-18)12-6-8-27-10-12)14-3-2-4-15-17(14)22-11-21-15/h2-5,7,9,11-12H,6,8,10H2,1H3,(H,21,22). The monoisotopic (exact) mass is 362 g/mol. The van der Waals surface area contributed by atoms with Crippen molar-refractivity contribution in [3.8, 4) is 28.7 Å². The van der Waals surface area contributed by atoms with Gasteiger partial charge in [0.15, 0.2) is 11.6 Å². The molecule has 4 aromatic rings. The molecule has 1 atom stereocenters. The number of rotatable bonds is 4. The van der Waals surface area contributed by atoms with E-state index in [0.29, 0.717) is 18.1 Å². The highest BCUT2D eigenvalue weighted by Crippen LogP contribution is 2.31. The maximum Gasteiger partial charge on any atom is 0.200 e. The van der Waals surface area contributed by atoms with Crippen molar-refractivity contribution in [3.63, 3.8) is 0 Å². The fourth-order valence-electron chi connectivity index (χ4n) is 3.39. The van der Waals surface area contributed by atoms with Crippen LogP contribution in [0.1, 0.15) is 12.5 Å². The average Bonchev–Trinajstić information content (AvgIpc) is 3.47. The van der Waals surface area contributed by atoms with E-state index in [-0.39, 0.29) is 6.04 Å². The van der Waals surface area contributed by atoms with Crippen LogP contribution in [0.4, 0.5) is 0 Å². The third-order valence-corrected chi connectivity index (χ3v) is 4.77. The van der Waals surface area contributed by atoms with Crippen LogP contribution in [0.2, 0.25) is 0 Å². The van der Waals surface area contributed by atoms with Gasteiger partial charge in [-0.25, -0.2) is 14.6 Å². The van der Waals surface area contributed by atoms with Crippen LogP contribution in [0.25, 0.3) is 33.9 Å². The third kappa shape index (κ3) is 2.74. The predicted octanol–water partition coefficient (Wildman–Crippen LogP) is 2.85. The molecule has 1 aliphatic heterocycles. The molecule has 1 aliphatic rings. The molecule has 1 N–H and O–H groups in total. The van der Waals surface area contributed by atoms with Gasteiger partial charge >= 0.3 is 0 Å². The normalized spacial score (nSPS) is 16.9. The maximum absolute atomic E-state index is 5.58. The molecule has 0 saturated carbocycles. The first-order chi connectivity index (χ1) is 13.3. The van der Waals surface area contributed by atoms with Gasteiger partial charge in [-0.3, -0.25) is 4.98 Å². The zero-order valence-corrected chi connectivity index (χ0v) is 14.8. The summed E-state index contributed by atoms with van der Waals surface area (Å²) in [6, 6.07) is 9.78. The summed E-state index contributed by atoms with van der Waals surface area (Å²) in [6.07, 6.45) is 4.29. The van der Waals surface area contributed by atoms with Crippen molar-refractivity contribution in [2.24, 2.45) is 0 Å². The number of aromatic amines is 1. The number of H-pyrrole nitrogens is 1. The number of nitrogens with zero attached hydrogens (tertiary/aromatic N) is 5. The van der Waals surface area contributed by atoms with E-state index in [9.17, 15) is 0 Å². The Hall–Kier alpha value is -3.26. The summed E-state index contributed by atoms with van der Waals surface area (Å²) < 4.78 is 12.8. The summed E-state index contributed by atoms with van der Waals surface area (Å²) in [5, 5.41) is 4.77. The molecule has 0 bridgehead atoms. The van der Waals surface area contributed by atoms with Crippen molar-refractivity contribution in [1.29, 1.82) is 0 Å². The highest BCUT2D eigenvalue weighted by molar-refractivity contribution is 5.90. The Bertz CT molecular complexity index is 1100. The lowest BCUT2D eigenvalue weighted by atomic mass is 10.1. The zero-order chi connectivity index (χ0) is 18.2. The smallest absolute Gasteiger partial charge is 0.200 e. The second-order valence-corrected chi connectivity index (χ2v) is 6.41. The van der Waals surface area contributed by atoms with E-state index in [4.69, 9.17) is 19.6 Å². The van der Waals surface area contributed by atoms with E-state index in [1.54, 1.807) is 25.7 Å². The Balaban J connectivity index is 1.69. The Morgan fingerprint density at radius 1 is 1.26 bits per heavy atom. The second kappa shape index (κ2) is 6.48. The predicted molar refractivity (Wildman–Crippen MR) is 99.4 cm³/mol. The largest absolute Gasteiger partial charge is 0.497 e. The third-order valence-electron chi connectivity index (χ3n) is 4.77.